The van der Waals surface area contributed by atoms with Crippen molar-refractivity contribution < 1.29 is 8.42 Å². The SMILES string of the molecule is CCc1cccc(NS(=O)(=O)c2cc(-c3n[nH]c(C)c3C)sc2C)c1. The van der Waals surface area contributed by atoms with Crippen molar-refractivity contribution in [2.75, 3.05) is 4.72 Å². The molecule has 0 unspecified atom stereocenters. The number of hydrogen-bond acceptors (Lipinski definition) is 4. The van der Waals surface area contributed by atoms with Crippen LogP contribution in [0.1, 0.15) is 28.6 Å². The lowest BCUT2D eigenvalue weighted by atomic mass is 10.1. The van der Waals surface area contributed by atoms with Crippen LogP contribution in [-0.2, 0) is 16.4 Å². The molecule has 0 saturated carbocycles. The second kappa shape index (κ2) is 6.65. The molecule has 2 N–H and O–H groups in total. The van der Waals surface area contributed by atoms with E-state index in [1.807, 2.05) is 45.9 Å². The van der Waals surface area contributed by atoms with Crippen LogP contribution in [0, 0.1) is 20.8 Å². The predicted octanol–water partition coefficient (Wildman–Crippen LogP) is 4.43. The van der Waals surface area contributed by atoms with Crippen molar-refractivity contribution in [3.8, 4) is 10.6 Å². The van der Waals surface area contributed by atoms with Gasteiger partial charge in [0, 0.05) is 16.3 Å². The normalized spacial score (nSPS) is 11.7. The molecule has 0 amide bonds. The van der Waals surface area contributed by atoms with Gasteiger partial charge in [-0.2, -0.15) is 5.10 Å². The van der Waals surface area contributed by atoms with Crippen LogP contribution < -0.4 is 4.72 Å². The van der Waals surface area contributed by atoms with Gasteiger partial charge < -0.3 is 0 Å². The average Bonchev–Trinajstić information content (AvgIpc) is 3.11. The summed E-state index contributed by atoms with van der Waals surface area (Å²) in [5, 5.41) is 7.25. The molecule has 7 heteroatoms. The van der Waals surface area contributed by atoms with Gasteiger partial charge in [0.15, 0.2) is 0 Å². The van der Waals surface area contributed by atoms with E-state index in [0.29, 0.717) is 10.6 Å². The number of nitrogens with zero attached hydrogens (tertiary/aromatic N) is 1. The van der Waals surface area contributed by atoms with E-state index >= 15 is 0 Å². The van der Waals surface area contributed by atoms with Gasteiger partial charge in [-0.15, -0.1) is 11.3 Å². The summed E-state index contributed by atoms with van der Waals surface area (Å²) in [5.41, 5.74) is 4.50. The Balaban J connectivity index is 1.96. The highest BCUT2D eigenvalue weighted by Crippen LogP contribution is 2.35. The summed E-state index contributed by atoms with van der Waals surface area (Å²) in [6, 6.07) is 9.17. The van der Waals surface area contributed by atoms with Gasteiger partial charge in [0.25, 0.3) is 10.0 Å². The number of rotatable bonds is 5. The van der Waals surface area contributed by atoms with E-state index in [2.05, 4.69) is 14.9 Å². The Morgan fingerprint density at radius 3 is 2.60 bits per heavy atom. The van der Waals surface area contributed by atoms with E-state index in [1.165, 1.54) is 11.3 Å². The van der Waals surface area contributed by atoms with Gasteiger partial charge in [-0.25, -0.2) is 8.42 Å². The number of sulfonamides is 1. The zero-order chi connectivity index (χ0) is 18.2. The highest BCUT2D eigenvalue weighted by molar-refractivity contribution is 7.93. The lowest BCUT2D eigenvalue weighted by Crippen LogP contribution is -2.13. The first-order valence-electron chi connectivity index (χ1n) is 8.06. The fourth-order valence-corrected chi connectivity index (χ4v) is 5.33. The van der Waals surface area contributed by atoms with E-state index in [1.54, 1.807) is 12.1 Å². The minimum absolute atomic E-state index is 0.300. The first kappa shape index (κ1) is 17.7. The minimum atomic E-state index is -3.64. The van der Waals surface area contributed by atoms with Crippen molar-refractivity contribution in [2.45, 2.75) is 39.0 Å². The number of aryl methyl sites for hydroxylation is 3. The number of anilines is 1. The first-order chi connectivity index (χ1) is 11.8. The molecule has 2 heterocycles. The smallest absolute Gasteiger partial charge is 0.263 e. The molecule has 132 valence electrons. The standard InChI is InChI=1S/C18H21N3O2S2/c1-5-14-7-6-8-15(9-14)21-25(22,23)17-10-16(24-13(17)4)18-11(2)12(3)19-20-18/h6-10,21H,5H2,1-4H3,(H,19,20). The van der Waals surface area contributed by atoms with Gasteiger partial charge in [0.2, 0.25) is 0 Å². The zero-order valence-corrected chi connectivity index (χ0v) is 16.3. The molecule has 0 atom stereocenters. The van der Waals surface area contributed by atoms with Crippen LogP contribution in [0.5, 0.6) is 0 Å². The highest BCUT2D eigenvalue weighted by Gasteiger charge is 2.22. The molecule has 0 saturated heterocycles. The summed E-state index contributed by atoms with van der Waals surface area (Å²) in [5.74, 6) is 0. The summed E-state index contributed by atoms with van der Waals surface area (Å²) in [6.45, 7) is 7.79. The molecule has 0 aliphatic rings. The molecule has 25 heavy (non-hydrogen) atoms. The van der Waals surface area contributed by atoms with Crippen molar-refractivity contribution in [2.24, 2.45) is 0 Å². The molecule has 1 aromatic carbocycles. The third kappa shape index (κ3) is 3.48. The first-order valence-corrected chi connectivity index (χ1v) is 10.4. The zero-order valence-electron chi connectivity index (χ0n) is 14.7. The second-order valence-corrected chi connectivity index (χ2v) is 8.92. The van der Waals surface area contributed by atoms with Gasteiger partial charge in [0.1, 0.15) is 10.6 Å². The van der Waals surface area contributed by atoms with Gasteiger partial charge in [-0.05, 0) is 56.5 Å². The lowest BCUT2D eigenvalue weighted by molar-refractivity contribution is 0.601. The molecule has 0 fully saturated rings. The van der Waals surface area contributed by atoms with Crippen molar-refractivity contribution in [3.05, 3.63) is 52.0 Å². The number of nitrogens with one attached hydrogen (secondary N) is 2. The molecule has 0 aliphatic carbocycles. The van der Waals surface area contributed by atoms with E-state index in [4.69, 9.17) is 0 Å². The highest BCUT2D eigenvalue weighted by atomic mass is 32.2. The Morgan fingerprint density at radius 1 is 1.20 bits per heavy atom. The van der Waals surface area contributed by atoms with E-state index in [9.17, 15) is 8.42 Å². The maximum Gasteiger partial charge on any atom is 0.263 e. The van der Waals surface area contributed by atoms with Crippen LogP contribution >= 0.6 is 11.3 Å². The maximum atomic E-state index is 12.8. The van der Waals surface area contributed by atoms with Crippen molar-refractivity contribution in [1.29, 1.82) is 0 Å². The summed E-state index contributed by atoms with van der Waals surface area (Å²) >= 11 is 1.44. The quantitative estimate of drug-likeness (QED) is 0.693. The van der Waals surface area contributed by atoms with Crippen LogP contribution in [0.2, 0.25) is 0 Å². The van der Waals surface area contributed by atoms with Crippen LogP contribution in [0.4, 0.5) is 5.69 Å². The number of aromatic amines is 1. The summed E-state index contributed by atoms with van der Waals surface area (Å²) in [7, 11) is -3.64. The largest absolute Gasteiger partial charge is 0.282 e. The molecule has 2 aromatic heterocycles. The fourth-order valence-electron chi connectivity index (χ4n) is 2.64. The van der Waals surface area contributed by atoms with Crippen LogP contribution in [0.15, 0.2) is 35.2 Å². The Labute approximate surface area is 152 Å². The van der Waals surface area contributed by atoms with E-state index in [0.717, 1.165) is 38.7 Å². The molecule has 3 rings (SSSR count). The number of thiophene rings is 1. The van der Waals surface area contributed by atoms with Gasteiger partial charge in [-0.1, -0.05) is 19.1 Å². The Morgan fingerprint density at radius 2 is 1.96 bits per heavy atom. The molecule has 0 radical (unpaired) electrons. The monoisotopic (exact) mass is 375 g/mol. The predicted molar refractivity (Wildman–Crippen MR) is 103 cm³/mol. The number of hydrogen-bond donors (Lipinski definition) is 2. The molecule has 5 nitrogen and oxygen atoms in total. The average molecular weight is 376 g/mol. The lowest BCUT2D eigenvalue weighted by Gasteiger charge is -2.08. The van der Waals surface area contributed by atoms with Crippen molar-refractivity contribution >= 4 is 27.0 Å². The van der Waals surface area contributed by atoms with Crippen LogP contribution in [0.3, 0.4) is 0 Å². The maximum absolute atomic E-state index is 12.8. The third-order valence-corrected chi connectivity index (χ3v) is 6.93. The van der Waals surface area contributed by atoms with E-state index in [-0.39, 0.29) is 0 Å². The van der Waals surface area contributed by atoms with Crippen LogP contribution in [-0.4, -0.2) is 18.6 Å². The molecular formula is C18H21N3O2S2. The molecular weight excluding hydrogens is 354 g/mol. The van der Waals surface area contributed by atoms with Gasteiger partial charge >= 0.3 is 0 Å². The van der Waals surface area contributed by atoms with E-state index < -0.39 is 10.0 Å². The topological polar surface area (TPSA) is 74.8 Å². The second-order valence-electron chi connectivity index (χ2n) is 6.01. The summed E-state index contributed by atoms with van der Waals surface area (Å²) in [4.78, 5) is 1.89. The fraction of sp³-hybridized carbons (Fsp3) is 0.278. The molecule has 0 spiro atoms. The van der Waals surface area contributed by atoms with Gasteiger partial charge in [0.05, 0.1) is 4.88 Å². The molecule has 3 aromatic rings. The van der Waals surface area contributed by atoms with Crippen molar-refractivity contribution in [3.63, 3.8) is 0 Å². The van der Waals surface area contributed by atoms with Crippen LogP contribution in [0.25, 0.3) is 10.6 Å². The minimum Gasteiger partial charge on any atom is -0.282 e. The van der Waals surface area contributed by atoms with Gasteiger partial charge in [-0.3, -0.25) is 9.82 Å². The Hall–Kier alpha value is -2.12. The third-order valence-electron chi connectivity index (χ3n) is 4.24. The number of aromatic nitrogens is 2. The number of H-pyrrole nitrogens is 1. The van der Waals surface area contributed by atoms with Crippen molar-refractivity contribution in [1.82, 2.24) is 10.2 Å². The molecule has 0 bridgehead atoms. The molecule has 0 aliphatic heterocycles. The Kier molecular flexibility index (Phi) is 4.71. The Bertz CT molecular complexity index is 1020. The number of benzene rings is 1. The summed E-state index contributed by atoms with van der Waals surface area (Å²) < 4.78 is 28.3. The summed E-state index contributed by atoms with van der Waals surface area (Å²) in [6.07, 6.45) is 0.856.